The molecule has 3 aromatic carbocycles. The Bertz CT molecular complexity index is 2650. The lowest BCUT2D eigenvalue weighted by Gasteiger charge is -2.63. The van der Waals surface area contributed by atoms with Crippen LogP contribution in [0.5, 0.6) is 5.75 Å². The van der Waals surface area contributed by atoms with E-state index in [-0.39, 0.29) is 55.1 Å². The van der Waals surface area contributed by atoms with Crippen LogP contribution in [-0.4, -0.2) is 125 Å². The number of halogens is 3. The minimum Gasteiger partial charge on any atom is -0.489 e. The van der Waals surface area contributed by atoms with Crippen LogP contribution < -0.4 is 20.7 Å². The number of aromatic nitrogens is 1. The van der Waals surface area contributed by atoms with E-state index in [9.17, 15) is 42.7 Å². The summed E-state index contributed by atoms with van der Waals surface area (Å²) in [5.74, 6) is -1.30. The van der Waals surface area contributed by atoms with E-state index in [2.05, 4.69) is 30.7 Å². The van der Waals surface area contributed by atoms with Crippen LogP contribution in [0, 0.1) is 34.5 Å². The van der Waals surface area contributed by atoms with Crippen LogP contribution in [0.3, 0.4) is 0 Å². The number of amides is 4. The third-order valence-electron chi connectivity index (χ3n) is 14.8. The van der Waals surface area contributed by atoms with E-state index in [0.717, 1.165) is 71.9 Å². The van der Waals surface area contributed by atoms with E-state index in [0.29, 0.717) is 18.7 Å². The van der Waals surface area contributed by atoms with Crippen molar-refractivity contribution in [3.8, 4) is 22.3 Å². The standard InChI is InChI=1S/C55H69F3N8O6S/c1-33(36-16-18-37(19-17-36)45-34(2)60-32-73-45)61-48(70)43-27-40(67)30-66(43)49(71)46(52(3,4)5)62-44(68)31-65-25-23-64(24-26-65)22-10-11-35-12-14-38(15-13-35)47(69)63-50-53(6,7)51(54(50,8)9)72-41-21-20-39(29-59)42(28-41)55(56,57)58/h12-21,28,32-33,40,43,46,50-51,67H,10-11,22-27,30-31H2,1-9H3,(H,61,70)(H,62,68)(H,63,69)/t33-,40+,43-,46+,50?,51?/m0/s1. The predicted octanol–water partition coefficient (Wildman–Crippen LogP) is 7.54. The Hall–Kier alpha value is -5.87. The van der Waals surface area contributed by atoms with Gasteiger partial charge in [0.05, 0.1) is 52.0 Å². The van der Waals surface area contributed by atoms with Crippen molar-refractivity contribution in [1.29, 1.82) is 5.26 Å². The van der Waals surface area contributed by atoms with Crippen molar-refractivity contribution in [2.75, 3.05) is 45.8 Å². The third kappa shape index (κ3) is 12.6. The van der Waals surface area contributed by atoms with Gasteiger partial charge in [-0.3, -0.25) is 24.1 Å². The first-order valence-corrected chi connectivity index (χ1v) is 25.9. The Morgan fingerprint density at radius 3 is 2.16 bits per heavy atom. The number of aliphatic hydroxyl groups is 1. The molecule has 4 atom stereocenters. The van der Waals surface area contributed by atoms with Crippen molar-refractivity contribution < 1.29 is 42.2 Å². The first kappa shape index (κ1) is 54.9. The second kappa shape index (κ2) is 21.9. The summed E-state index contributed by atoms with van der Waals surface area (Å²) >= 11 is 1.57. The molecule has 1 aliphatic carbocycles. The highest BCUT2D eigenvalue weighted by Gasteiger charge is 2.64. The molecule has 2 saturated heterocycles. The van der Waals surface area contributed by atoms with Gasteiger partial charge >= 0.3 is 6.18 Å². The van der Waals surface area contributed by atoms with Crippen LogP contribution in [0.25, 0.3) is 10.4 Å². The number of likely N-dealkylation sites (tertiary alicyclic amines) is 1. The molecule has 0 unspecified atom stereocenters. The number of β-amino-alcohol motifs (C(OH)–C–C–N with tert-alkyl or cyclic N) is 1. The third-order valence-corrected chi connectivity index (χ3v) is 15.8. The highest BCUT2D eigenvalue weighted by atomic mass is 32.1. The van der Waals surface area contributed by atoms with Gasteiger partial charge in [0.15, 0.2) is 0 Å². The van der Waals surface area contributed by atoms with Gasteiger partial charge < -0.3 is 35.6 Å². The summed E-state index contributed by atoms with van der Waals surface area (Å²) in [6, 6.07) is 17.8. The second-order valence-corrected chi connectivity index (χ2v) is 23.0. The molecule has 0 spiro atoms. The minimum absolute atomic E-state index is 0.00798. The van der Waals surface area contributed by atoms with Gasteiger partial charge in [-0.15, -0.1) is 11.3 Å². The van der Waals surface area contributed by atoms with Gasteiger partial charge in [-0.1, -0.05) is 84.9 Å². The topological polar surface area (TPSA) is 180 Å². The summed E-state index contributed by atoms with van der Waals surface area (Å²) in [5, 5.41) is 29.1. The smallest absolute Gasteiger partial charge is 0.417 e. The van der Waals surface area contributed by atoms with Crippen molar-refractivity contribution in [2.24, 2.45) is 16.2 Å². The Labute approximate surface area is 430 Å². The highest BCUT2D eigenvalue weighted by Crippen LogP contribution is 2.56. The molecule has 1 saturated carbocycles. The molecule has 3 heterocycles. The zero-order chi connectivity index (χ0) is 53.2. The molecule has 4 aromatic rings. The molecule has 392 valence electrons. The van der Waals surface area contributed by atoms with Gasteiger partial charge in [0.2, 0.25) is 17.7 Å². The van der Waals surface area contributed by atoms with Gasteiger partial charge in [0, 0.05) is 61.6 Å². The van der Waals surface area contributed by atoms with Gasteiger partial charge in [-0.2, -0.15) is 18.4 Å². The van der Waals surface area contributed by atoms with E-state index in [4.69, 9.17) is 4.74 Å². The van der Waals surface area contributed by atoms with Crippen molar-refractivity contribution in [3.63, 3.8) is 0 Å². The fraction of sp³-hybridized carbons (Fsp3) is 0.527. The molecule has 4 amide bonds. The number of nitrogens with zero attached hydrogens (tertiary/aromatic N) is 5. The molecule has 1 aromatic heterocycles. The summed E-state index contributed by atoms with van der Waals surface area (Å²) in [4.78, 5) is 66.3. The van der Waals surface area contributed by atoms with Crippen molar-refractivity contribution in [2.45, 2.75) is 124 Å². The molecule has 3 fully saturated rings. The second-order valence-electron chi connectivity index (χ2n) is 22.2. The molecule has 73 heavy (non-hydrogen) atoms. The van der Waals surface area contributed by atoms with Crippen LogP contribution in [0.2, 0.25) is 0 Å². The number of thiazole rings is 1. The number of rotatable bonds is 16. The summed E-state index contributed by atoms with van der Waals surface area (Å²) in [6.07, 6.45) is -4.32. The van der Waals surface area contributed by atoms with E-state index < -0.39 is 63.7 Å². The zero-order valence-corrected chi connectivity index (χ0v) is 44.0. The fourth-order valence-electron chi connectivity index (χ4n) is 11.0. The molecule has 2 aliphatic heterocycles. The quantitative estimate of drug-likeness (QED) is 0.0876. The number of ether oxygens (including phenoxy) is 1. The Morgan fingerprint density at radius 2 is 1.58 bits per heavy atom. The van der Waals surface area contributed by atoms with Crippen LogP contribution >= 0.6 is 11.3 Å². The number of carbonyl (C=O) groups excluding carboxylic acids is 4. The number of carbonyl (C=O) groups is 4. The molecular weight excluding hydrogens is 958 g/mol. The number of nitrogens with one attached hydrogen (secondary N) is 3. The molecular formula is C55H69F3N8O6S. The minimum atomic E-state index is -4.71. The lowest BCUT2D eigenvalue weighted by molar-refractivity contribution is -0.164. The molecule has 0 bridgehead atoms. The predicted molar refractivity (Wildman–Crippen MR) is 273 cm³/mol. The summed E-state index contributed by atoms with van der Waals surface area (Å²) in [6.45, 7) is 21.0. The molecule has 3 aliphatic rings. The number of piperazine rings is 1. The Balaban J connectivity index is 0.837. The average molecular weight is 1030 g/mol. The molecule has 14 nitrogen and oxygen atoms in total. The normalized spacial score (nSPS) is 21.8. The van der Waals surface area contributed by atoms with Crippen LogP contribution in [0.15, 0.2) is 72.2 Å². The number of aryl methyl sites for hydroxylation is 2. The molecule has 7 rings (SSSR count). The van der Waals surface area contributed by atoms with Crippen molar-refractivity contribution in [3.05, 3.63) is 106 Å². The number of aliphatic hydroxyl groups excluding tert-OH is 1. The van der Waals surface area contributed by atoms with Crippen molar-refractivity contribution >= 4 is 35.0 Å². The maximum atomic E-state index is 14.2. The maximum absolute atomic E-state index is 14.2. The molecule has 0 radical (unpaired) electrons. The number of benzene rings is 3. The Kier molecular flexibility index (Phi) is 16.5. The summed E-state index contributed by atoms with van der Waals surface area (Å²) in [7, 11) is 0. The maximum Gasteiger partial charge on any atom is 0.417 e. The first-order chi connectivity index (χ1) is 34.3. The fourth-order valence-corrected chi connectivity index (χ4v) is 11.8. The van der Waals surface area contributed by atoms with Gasteiger partial charge in [0.25, 0.3) is 5.91 Å². The SMILES string of the molecule is Cc1ncsc1-c1ccc([C@H](C)NC(=O)[C@@H]2C[C@@H](O)CN2C(=O)[C@@H](NC(=O)CN2CCN(CCCc3ccc(C(=O)NC4C(C)(C)C(Oc5ccc(C#N)c(C(F)(F)F)c5)C4(C)C)cc3)CC2)C(C)(C)C)cc1. The molecule has 18 heteroatoms. The lowest BCUT2D eigenvalue weighted by atomic mass is 9.49. The number of hydrogen-bond acceptors (Lipinski definition) is 11. The van der Waals surface area contributed by atoms with Crippen LogP contribution in [0.4, 0.5) is 13.2 Å². The lowest BCUT2D eigenvalue weighted by Crippen LogP contribution is -2.74. The average Bonchev–Trinajstić information content (AvgIpc) is 3.96. The van der Waals surface area contributed by atoms with E-state index in [1.165, 1.54) is 11.0 Å². The van der Waals surface area contributed by atoms with E-state index in [1.54, 1.807) is 29.5 Å². The molecule has 4 N–H and O–H groups in total. The van der Waals surface area contributed by atoms with Gasteiger partial charge in [0.1, 0.15) is 23.9 Å². The van der Waals surface area contributed by atoms with Gasteiger partial charge in [-0.05, 0) is 85.7 Å². The monoisotopic (exact) mass is 1030 g/mol. The van der Waals surface area contributed by atoms with Crippen molar-refractivity contribution in [1.82, 2.24) is 35.6 Å². The van der Waals surface area contributed by atoms with Gasteiger partial charge in [-0.25, -0.2) is 4.98 Å². The van der Waals surface area contributed by atoms with E-state index in [1.807, 2.05) is 104 Å². The number of alkyl halides is 3. The summed E-state index contributed by atoms with van der Waals surface area (Å²) in [5.41, 5.74) is 2.84. The Morgan fingerprint density at radius 1 is 0.932 bits per heavy atom. The number of hydrogen-bond donors (Lipinski definition) is 4. The summed E-state index contributed by atoms with van der Waals surface area (Å²) < 4.78 is 47.0. The van der Waals surface area contributed by atoms with Crippen LogP contribution in [0.1, 0.15) is 113 Å². The van der Waals surface area contributed by atoms with E-state index >= 15 is 0 Å². The highest BCUT2D eigenvalue weighted by molar-refractivity contribution is 7.13. The van der Waals surface area contributed by atoms with Crippen LogP contribution in [-0.2, 0) is 27.0 Å². The largest absolute Gasteiger partial charge is 0.489 e. The zero-order valence-electron chi connectivity index (χ0n) is 43.2. The number of nitriles is 1. The first-order valence-electron chi connectivity index (χ1n) is 25.0.